The van der Waals surface area contributed by atoms with Crippen molar-refractivity contribution in [2.24, 2.45) is 7.05 Å². The molecule has 0 aromatic carbocycles. The first-order valence-electron chi connectivity index (χ1n) is 5.41. The monoisotopic (exact) mass is 267 g/mol. The number of aryl methyl sites for hydroxylation is 1. The number of aromatic nitrogens is 2. The van der Waals surface area contributed by atoms with Gasteiger partial charge in [-0.3, -0.25) is 4.68 Å². The van der Waals surface area contributed by atoms with E-state index in [9.17, 15) is 13.2 Å². The van der Waals surface area contributed by atoms with Crippen LogP contribution in [-0.2, 0) is 13.2 Å². The standard InChI is InChI=1S/C10H13ClF3N3/c1-17-9(11)7(6-3-2-4-15-5-6)8(16-17)10(12,13)14/h6,15H,2-5H2,1H3. The van der Waals surface area contributed by atoms with Crippen LogP contribution in [-0.4, -0.2) is 22.9 Å². The molecule has 1 atom stereocenters. The van der Waals surface area contributed by atoms with Gasteiger partial charge in [0.05, 0.1) is 0 Å². The SMILES string of the molecule is Cn1nc(C(F)(F)F)c(C2CCCNC2)c1Cl. The number of piperidine rings is 1. The van der Waals surface area contributed by atoms with E-state index in [2.05, 4.69) is 10.4 Å². The largest absolute Gasteiger partial charge is 0.435 e. The van der Waals surface area contributed by atoms with E-state index in [0.717, 1.165) is 17.6 Å². The highest BCUT2D eigenvalue weighted by atomic mass is 35.5. The summed E-state index contributed by atoms with van der Waals surface area (Å²) in [4.78, 5) is 0. The molecule has 1 N–H and O–H groups in total. The summed E-state index contributed by atoms with van der Waals surface area (Å²) in [5, 5.41) is 6.66. The van der Waals surface area contributed by atoms with E-state index < -0.39 is 11.9 Å². The summed E-state index contributed by atoms with van der Waals surface area (Å²) in [7, 11) is 1.43. The van der Waals surface area contributed by atoms with Gasteiger partial charge in [0.2, 0.25) is 0 Å². The van der Waals surface area contributed by atoms with Crippen LogP contribution in [0.2, 0.25) is 5.15 Å². The van der Waals surface area contributed by atoms with E-state index in [1.807, 2.05) is 0 Å². The molecule has 0 bridgehead atoms. The zero-order valence-electron chi connectivity index (χ0n) is 9.31. The van der Waals surface area contributed by atoms with Crippen LogP contribution >= 0.6 is 11.6 Å². The molecular formula is C10H13ClF3N3. The smallest absolute Gasteiger partial charge is 0.316 e. The van der Waals surface area contributed by atoms with Crippen LogP contribution in [0.15, 0.2) is 0 Å². The molecule has 1 fully saturated rings. The molecule has 1 aromatic rings. The van der Waals surface area contributed by atoms with Crippen LogP contribution in [0.5, 0.6) is 0 Å². The fraction of sp³-hybridized carbons (Fsp3) is 0.700. The topological polar surface area (TPSA) is 29.9 Å². The highest BCUT2D eigenvalue weighted by Crippen LogP contribution is 2.39. The van der Waals surface area contributed by atoms with Crippen molar-refractivity contribution in [3.8, 4) is 0 Å². The lowest BCUT2D eigenvalue weighted by Crippen LogP contribution is -2.29. The minimum absolute atomic E-state index is 0.0889. The van der Waals surface area contributed by atoms with Crippen molar-refractivity contribution >= 4 is 11.6 Å². The van der Waals surface area contributed by atoms with E-state index in [0.29, 0.717) is 13.0 Å². The summed E-state index contributed by atoms with van der Waals surface area (Å²) in [6.45, 7) is 1.37. The highest BCUT2D eigenvalue weighted by molar-refractivity contribution is 6.30. The second-order valence-corrected chi connectivity index (χ2v) is 4.58. The van der Waals surface area contributed by atoms with Crippen molar-refractivity contribution in [3.63, 3.8) is 0 Å². The van der Waals surface area contributed by atoms with E-state index in [-0.39, 0.29) is 16.6 Å². The molecule has 0 aliphatic carbocycles. The van der Waals surface area contributed by atoms with Gasteiger partial charge in [0, 0.05) is 25.1 Å². The third kappa shape index (κ3) is 2.42. The maximum atomic E-state index is 12.8. The first-order chi connectivity index (χ1) is 7.91. The number of nitrogens with zero attached hydrogens (tertiary/aromatic N) is 2. The lowest BCUT2D eigenvalue weighted by Gasteiger charge is -2.23. The summed E-state index contributed by atoms with van der Waals surface area (Å²) >= 11 is 5.93. The molecule has 96 valence electrons. The van der Waals surface area contributed by atoms with Gasteiger partial charge < -0.3 is 5.32 Å². The Morgan fingerprint density at radius 2 is 2.18 bits per heavy atom. The van der Waals surface area contributed by atoms with Crippen LogP contribution in [0.4, 0.5) is 13.2 Å². The van der Waals surface area contributed by atoms with Gasteiger partial charge >= 0.3 is 6.18 Å². The molecule has 0 radical (unpaired) electrons. The third-order valence-electron chi connectivity index (χ3n) is 2.99. The zero-order chi connectivity index (χ0) is 12.6. The fourth-order valence-electron chi connectivity index (χ4n) is 2.19. The molecule has 17 heavy (non-hydrogen) atoms. The van der Waals surface area contributed by atoms with Crippen molar-refractivity contribution in [2.75, 3.05) is 13.1 Å². The molecule has 7 heteroatoms. The van der Waals surface area contributed by atoms with Crippen molar-refractivity contribution < 1.29 is 13.2 Å². The van der Waals surface area contributed by atoms with Crippen molar-refractivity contribution in [3.05, 3.63) is 16.4 Å². The lowest BCUT2D eigenvalue weighted by atomic mass is 9.92. The normalized spacial score (nSPS) is 21.8. The molecule has 1 aliphatic heterocycles. The number of nitrogens with one attached hydrogen (secondary N) is 1. The Balaban J connectivity index is 2.43. The molecule has 2 rings (SSSR count). The number of alkyl halides is 3. The quantitative estimate of drug-likeness (QED) is 0.847. The molecule has 2 heterocycles. The molecule has 1 unspecified atom stereocenters. The van der Waals surface area contributed by atoms with Gasteiger partial charge in [-0.05, 0) is 19.4 Å². The molecule has 0 spiro atoms. The Bertz CT molecular complexity index is 408. The van der Waals surface area contributed by atoms with E-state index in [1.165, 1.54) is 7.05 Å². The fourth-order valence-corrected chi connectivity index (χ4v) is 2.47. The molecule has 1 aliphatic rings. The van der Waals surface area contributed by atoms with Crippen molar-refractivity contribution in [1.29, 1.82) is 0 Å². The molecule has 0 saturated carbocycles. The van der Waals surface area contributed by atoms with Crippen LogP contribution in [0.3, 0.4) is 0 Å². The predicted octanol–water partition coefficient (Wildman–Crippen LogP) is 2.56. The van der Waals surface area contributed by atoms with Gasteiger partial charge in [-0.2, -0.15) is 18.3 Å². The molecule has 1 saturated heterocycles. The Morgan fingerprint density at radius 1 is 1.47 bits per heavy atom. The summed E-state index contributed by atoms with van der Waals surface area (Å²) < 4.78 is 39.6. The summed E-state index contributed by atoms with van der Waals surface area (Å²) in [6.07, 6.45) is -2.88. The van der Waals surface area contributed by atoms with Crippen LogP contribution in [0.1, 0.15) is 30.0 Å². The minimum atomic E-state index is -4.45. The van der Waals surface area contributed by atoms with Gasteiger partial charge in [-0.15, -0.1) is 0 Å². The maximum absolute atomic E-state index is 12.8. The zero-order valence-corrected chi connectivity index (χ0v) is 10.1. The maximum Gasteiger partial charge on any atom is 0.435 e. The highest BCUT2D eigenvalue weighted by Gasteiger charge is 2.40. The predicted molar refractivity (Wildman–Crippen MR) is 58.1 cm³/mol. The summed E-state index contributed by atoms with van der Waals surface area (Å²) in [5.41, 5.74) is -0.715. The lowest BCUT2D eigenvalue weighted by molar-refractivity contribution is -0.142. The average molecular weight is 268 g/mol. The number of rotatable bonds is 1. The second-order valence-electron chi connectivity index (χ2n) is 4.22. The second kappa shape index (κ2) is 4.49. The average Bonchev–Trinajstić information content (AvgIpc) is 2.57. The van der Waals surface area contributed by atoms with Gasteiger partial charge in [0.1, 0.15) is 5.15 Å². The first-order valence-corrected chi connectivity index (χ1v) is 5.79. The van der Waals surface area contributed by atoms with Crippen molar-refractivity contribution in [2.45, 2.75) is 24.9 Å². The van der Waals surface area contributed by atoms with Crippen molar-refractivity contribution in [1.82, 2.24) is 15.1 Å². The van der Waals surface area contributed by atoms with Gasteiger partial charge in [-0.25, -0.2) is 0 Å². The van der Waals surface area contributed by atoms with E-state index in [4.69, 9.17) is 11.6 Å². The Labute approximate surface area is 102 Å². The van der Waals surface area contributed by atoms with Gasteiger partial charge in [0.25, 0.3) is 0 Å². The minimum Gasteiger partial charge on any atom is -0.316 e. The molecule has 1 aromatic heterocycles. The summed E-state index contributed by atoms with van der Waals surface area (Å²) in [5.74, 6) is -0.207. The van der Waals surface area contributed by atoms with Crippen LogP contribution in [0, 0.1) is 0 Å². The Morgan fingerprint density at radius 3 is 2.71 bits per heavy atom. The third-order valence-corrected chi connectivity index (χ3v) is 3.43. The number of hydrogen-bond donors (Lipinski definition) is 1. The Hall–Kier alpha value is -0.750. The van der Waals surface area contributed by atoms with Crippen LogP contribution < -0.4 is 5.32 Å². The number of halogens is 4. The Kier molecular flexibility index (Phi) is 3.36. The number of hydrogen-bond acceptors (Lipinski definition) is 2. The molecular weight excluding hydrogens is 255 g/mol. The van der Waals surface area contributed by atoms with E-state index in [1.54, 1.807) is 0 Å². The molecule has 0 amide bonds. The first kappa shape index (κ1) is 12.7. The van der Waals surface area contributed by atoms with Gasteiger partial charge in [0.15, 0.2) is 5.69 Å². The summed E-state index contributed by atoms with van der Waals surface area (Å²) in [6, 6.07) is 0. The van der Waals surface area contributed by atoms with Gasteiger partial charge in [-0.1, -0.05) is 11.6 Å². The molecule has 3 nitrogen and oxygen atoms in total. The van der Waals surface area contributed by atoms with Crippen LogP contribution in [0.25, 0.3) is 0 Å². The van der Waals surface area contributed by atoms with E-state index >= 15 is 0 Å².